The Morgan fingerprint density at radius 2 is 2.06 bits per heavy atom. The molecule has 1 aliphatic rings. The van der Waals surface area contributed by atoms with Crippen LogP contribution >= 0.6 is 0 Å². The number of anilines is 2. The summed E-state index contributed by atoms with van der Waals surface area (Å²) in [6, 6.07) is 1.90. The molecule has 0 saturated heterocycles. The van der Waals surface area contributed by atoms with E-state index in [0.29, 0.717) is 0 Å². The molecule has 0 spiro atoms. The van der Waals surface area contributed by atoms with Crippen molar-refractivity contribution in [2.45, 2.75) is 38.6 Å². The molecule has 94 valence electrons. The summed E-state index contributed by atoms with van der Waals surface area (Å²) in [4.78, 5) is 8.66. The van der Waals surface area contributed by atoms with Gasteiger partial charge in [-0.1, -0.05) is 0 Å². The van der Waals surface area contributed by atoms with Gasteiger partial charge in [-0.3, -0.25) is 0 Å². The highest BCUT2D eigenvalue weighted by molar-refractivity contribution is 5.49. The van der Waals surface area contributed by atoms with Gasteiger partial charge in [0.05, 0.1) is 12.1 Å². The zero-order chi connectivity index (χ0) is 12.3. The minimum atomic E-state index is -0.162. The number of aryl methyl sites for hydroxylation is 1. The standard InChI is InChI=1S/C12H20N4O/c1-3-13-10-7-11(15-9(2)14-10)16-12(8-17)5-4-6-12/h7,17H,3-6,8H2,1-2H3,(H2,13,14,15,16). The van der Waals surface area contributed by atoms with Crippen LogP contribution in [0.1, 0.15) is 32.0 Å². The molecule has 1 aromatic rings. The first-order valence-corrected chi connectivity index (χ1v) is 6.16. The van der Waals surface area contributed by atoms with E-state index in [-0.39, 0.29) is 12.1 Å². The largest absolute Gasteiger partial charge is 0.394 e. The molecule has 5 nitrogen and oxygen atoms in total. The summed E-state index contributed by atoms with van der Waals surface area (Å²) in [5.41, 5.74) is -0.162. The van der Waals surface area contributed by atoms with E-state index in [1.54, 1.807) is 0 Å². The van der Waals surface area contributed by atoms with Gasteiger partial charge in [-0.05, 0) is 33.1 Å². The van der Waals surface area contributed by atoms with Crippen LogP contribution in [-0.4, -0.2) is 33.8 Å². The van der Waals surface area contributed by atoms with Gasteiger partial charge >= 0.3 is 0 Å². The Morgan fingerprint density at radius 3 is 2.59 bits per heavy atom. The Kier molecular flexibility index (Phi) is 3.47. The van der Waals surface area contributed by atoms with Crippen LogP contribution in [0.4, 0.5) is 11.6 Å². The second-order valence-corrected chi connectivity index (χ2v) is 4.63. The van der Waals surface area contributed by atoms with Gasteiger partial charge in [0.25, 0.3) is 0 Å². The van der Waals surface area contributed by atoms with Crippen molar-refractivity contribution in [3.05, 3.63) is 11.9 Å². The van der Waals surface area contributed by atoms with Crippen molar-refractivity contribution < 1.29 is 5.11 Å². The maximum absolute atomic E-state index is 9.42. The molecule has 1 aromatic heterocycles. The highest BCUT2D eigenvalue weighted by Gasteiger charge is 2.36. The molecule has 5 heteroatoms. The number of aromatic nitrogens is 2. The van der Waals surface area contributed by atoms with Gasteiger partial charge in [-0.25, -0.2) is 9.97 Å². The van der Waals surface area contributed by atoms with Crippen molar-refractivity contribution in [2.75, 3.05) is 23.8 Å². The van der Waals surface area contributed by atoms with Crippen LogP contribution in [0.3, 0.4) is 0 Å². The zero-order valence-electron chi connectivity index (χ0n) is 10.5. The molecular weight excluding hydrogens is 216 g/mol. The fraction of sp³-hybridized carbons (Fsp3) is 0.667. The lowest BCUT2D eigenvalue weighted by molar-refractivity contribution is 0.144. The minimum Gasteiger partial charge on any atom is -0.394 e. The summed E-state index contributed by atoms with van der Waals surface area (Å²) in [5.74, 6) is 2.36. The van der Waals surface area contributed by atoms with Crippen LogP contribution in [-0.2, 0) is 0 Å². The first-order chi connectivity index (χ1) is 8.17. The molecule has 1 saturated carbocycles. The fourth-order valence-corrected chi connectivity index (χ4v) is 2.10. The van der Waals surface area contributed by atoms with E-state index in [1.165, 1.54) is 0 Å². The second-order valence-electron chi connectivity index (χ2n) is 4.63. The molecule has 3 N–H and O–H groups in total. The third-order valence-electron chi connectivity index (χ3n) is 3.20. The summed E-state index contributed by atoms with van der Waals surface area (Å²) in [5, 5.41) is 15.9. The van der Waals surface area contributed by atoms with Gasteiger partial charge in [0.15, 0.2) is 0 Å². The highest BCUT2D eigenvalue weighted by Crippen LogP contribution is 2.34. The van der Waals surface area contributed by atoms with E-state index in [2.05, 4.69) is 20.6 Å². The second kappa shape index (κ2) is 4.87. The average molecular weight is 236 g/mol. The predicted molar refractivity (Wildman–Crippen MR) is 68.2 cm³/mol. The molecule has 2 rings (SSSR count). The fourth-order valence-electron chi connectivity index (χ4n) is 2.10. The summed E-state index contributed by atoms with van der Waals surface area (Å²) < 4.78 is 0. The van der Waals surface area contributed by atoms with Gasteiger partial charge in [-0.15, -0.1) is 0 Å². The molecule has 17 heavy (non-hydrogen) atoms. The molecule has 0 unspecified atom stereocenters. The van der Waals surface area contributed by atoms with Crippen LogP contribution < -0.4 is 10.6 Å². The highest BCUT2D eigenvalue weighted by atomic mass is 16.3. The van der Waals surface area contributed by atoms with Crippen molar-refractivity contribution in [2.24, 2.45) is 0 Å². The van der Waals surface area contributed by atoms with Crippen molar-refractivity contribution >= 4 is 11.6 Å². The SMILES string of the molecule is CCNc1cc(NC2(CO)CCC2)nc(C)n1. The molecule has 1 aliphatic carbocycles. The van der Waals surface area contributed by atoms with E-state index >= 15 is 0 Å². The summed E-state index contributed by atoms with van der Waals surface area (Å²) in [6.07, 6.45) is 3.17. The number of aliphatic hydroxyl groups excluding tert-OH is 1. The summed E-state index contributed by atoms with van der Waals surface area (Å²) in [6.45, 7) is 4.90. The maximum atomic E-state index is 9.42. The average Bonchev–Trinajstić information content (AvgIpc) is 2.23. The molecule has 0 atom stereocenters. The number of hydrogen-bond acceptors (Lipinski definition) is 5. The van der Waals surface area contributed by atoms with Gasteiger partial charge in [0.2, 0.25) is 0 Å². The van der Waals surface area contributed by atoms with E-state index in [0.717, 1.165) is 43.3 Å². The quantitative estimate of drug-likeness (QED) is 0.723. The molecule has 1 heterocycles. The Morgan fingerprint density at radius 1 is 1.35 bits per heavy atom. The van der Waals surface area contributed by atoms with E-state index in [9.17, 15) is 5.11 Å². The third kappa shape index (κ3) is 2.66. The maximum Gasteiger partial charge on any atom is 0.132 e. The Bertz CT molecular complexity index is 385. The number of rotatable bonds is 5. The molecule has 1 fully saturated rings. The van der Waals surface area contributed by atoms with Crippen molar-refractivity contribution in [3.63, 3.8) is 0 Å². The molecule has 0 aromatic carbocycles. The van der Waals surface area contributed by atoms with E-state index < -0.39 is 0 Å². The number of hydrogen-bond donors (Lipinski definition) is 3. The number of nitrogens with one attached hydrogen (secondary N) is 2. The first kappa shape index (κ1) is 12.1. The molecule has 0 radical (unpaired) electrons. The third-order valence-corrected chi connectivity index (χ3v) is 3.20. The molecular formula is C12H20N4O. The van der Waals surface area contributed by atoms with E-state index in [1.807, 2.05) is 19.9 Å². The predicted octanol–water partition coefficient (Wildman–Crippen LogP) is 1.54. The van der Waals surface area contributed by atoms with Crippen molar-refractivity contribution in [1.29, 1.82) is 0 Å². The Labute approximate surface area is 102 Å². The van der Waals surface area contributed by atoms with Gasteiger partial charge in [-0.2, -0.15) is 0 Å². The number of nitrogens with zero attached hydrogens (tertiary/aromatic N) is 2. The molecule has 0 aliphatic heterocycles. The van der Waals surface area contributed by atoms with Crippen LogP contribution in [0.2, 0.25) is 0 Å². The van der Waals surface area contributed by atoms with Crippen LogP contribution in [0.25, 0.3) is 0 Å². The lowest BCUT2D eigenvalue weighted by Gasteiger charge is -2.41. The molecule has 0 bridgehead atoms. The lowest BCUT2D eigenvalue weighted by atomic mass is 9.77. The monoisotopic (exact) mass is 236 g/mol. The van der Waals surface area contributed by atoms with Gasteiger partial charge < -0.3 is 15.7 Å². The summed E-state index contributed by atoms with van der Waals surface area (Å²) in [7, 11) is 0. The smallest absolute Gasteiger partial charge is 0.132 e. The normalized spacial score (nSPS) is 17.4. The molecule has 0 amide bonds. The van der Waals surface area contributed by atoms with E-state index in [4.69, 9.17) is 0 Å². The first-order valence-electron chi connectivity index (χ1n) is 6.16. The lowest BCUT2D eigenvalue weighted by Crippen LogP contribution is -2.48. The van der Waals surface area contributed by atoms with Crippen LogP contribution in [0.15, 0.2) is 6.07 Å². The number of aliphatic hydroxyl groups is 1. The van der Waals surface area contributed by atoms with Crippen LogP contribution in [0, 0.1) is 6.92 Å². The summed E-state index contributed by atoms with van der Waals surface area (Å²) >= 11 is 0. The van der Waals surface area contributed by atoms with Gasteiger partial charge in [0, 0.05) is 12.6 Å². The van der Waals surface area contributed by atoms with Crippen molar-refractivity contribution in [3.8, 4) is 0 Å². The van der Waals surface area contributed by atoms with Crippen molar-refractivity contribution in [1.82, 2.24) is 9.97 Å². The zero-order valence-corrected chi connectivity index (χ0v) is 10.5. The minimum absolute atomic E-state index is 0.159. The Hall–Kier alpha value is -1.36. The van der Waals surface area contributed by atoms with Gasteiger partial charge in [0.1, 0.15) is 17.5 Å². The van der Waals surface area contributed by atoms with Crippen LogP contribution in [0.5, 0.6) is 0 Å². The Balaban J connectivity index is 2.14. The topological polar surface area (TPSA) is 70.1 Å².